The molecule has 2 aliphatic heterocycles. The highest BCUT2D eigenvalue weighted by molar-refractivity contribution is 7.09. The number of hydrogen-bond donors (Lipinski definition) is 3. The fourth-order valence-electron chi connectivity index (χ4n) is 6.95. The smallest absolute Gasteiger partial charge is 0.273 e. The van der Waals surface area contributed by atoms with Gasteiger partial charge in [-0.3, -0.25) is 14.5 Å². The zero-order valence-corrected chi connectivity index (χ0v) is 29.0. The Labute approximate surface area is 285 Å². The maximum atomic E-state index is 16.1. The normalized spacial score (nSPS) is 17.8. The first-order valence-corrected chi connectivity index (χ1v) is 17.7. The van der Waals surface area contributed by atoms with Crippen LogP contribution in [0.15, 0.2) is 58.7 Å². The van der Waals surface area contributed by atoms with E-state index in [0.717, 1.165) is 41.9 Å². The predicted molar refractivity (Wildman–Crippen MR) is 187 cm³/mol. The number of aliphatic hydroxyl groups excluding tert-OH is 1. The number of fused-ring (bicyclic) bond motifs is 1. The van der Waals surface area contributed by atoms with Gasteiger partial charge in [0.05, 0.1) is 29.9 Å². The SMILES string of the molecule is CC(C)c1nc(C(=O)N2CCOC3(CCN(Cc4cccc(C(C)(C)CNCC(O)c5cccc6[nH]c(=O)ccc56)c4F)CC3)C2)cs1. The molecule has 11 heteroatoms. The molecule has 3 N–H and O–H groups in total. The minimum Gasteiger partial charge on any atom is -0.387 e. The van der Waals surface area contributed by atoms with Gasteiger partial charge in [0.2, 0.25) is 5.56 Å². The highest BCUT2D eigenvalue weighted by Crippen LogP contribution is 2.33. The number of piperidine rings is 1. The van der Waals surface area contributed by atoms with Gasteiger partial charge in [-0.05, 0) is 36.1 Å². The molecule has 256 valence electrons. The third-order valence-electron chi connectivity index (χ3n) is 9.80. The Bertz CT molecular complexity index is 1810. The Kier molecular flexibility index (Phi) is 10.1. The number of nitrogens with one attached hydrogen (secondary N) is 2. The van der Waals surface area contributed by atoms with Crippen molar-refractivity contribution in [2.24, 2.45) is 0 Å². The van der Waals surface area contributed by atoms with Crippen LogP contribution in [0.1, 0.15) is 84.7 Å². The number of hydrogen-bond acceptors (Lipinski definition) is 8. The van der Waals surface area contributed by atoms with E-state index in [1.54, 1.807) is 6.07 Å². The first-order chi connectivity index (χ1) is 22.9. The van der Waals surface area contributed by atoms with Crippen molar-refractivity contribution in [3.8, 4) is 0 Å². The number of H-pyrrole nitrogens is 1. The topological polar surface area (TPSA) is 111 Å². The first-order valence-electron chi connectivity index (χ1n) is 16.8. The van der Waals surface area contributed by atoms with Gasteiger partial charge in [-0.25, -0.2) is 9.37 Å². The molecule has 0 bridgehead atoms. The van der Waals surface area contributed by atoms with Crippen LogP contribution < -0.4 is 10.9 Å². The first kappa shape index (κ1) is 34.4. The van der Waals surface area contributed by atoms with Crippen molar-refractivity contribution < 1.29 is 19.0 Å². The fourth-order valence-corrected chi connectivity index (χ4v) is 7.76. The van der Waals surface area contributed by atoms with Crippen molar-refractivity contribution >= 4 is 28.1 Å². The van der Waals surface area contributed by atoms with E-state index in [1.807, 2.05) is 60.5 Å². The lowest BCUT2D eigenvalue weighted by Gasteiger charge is -2.47. The average Bonchev–Trinajstić information content (AvgIpc) is 3.57. The number of aliphatic hydroxyl groups is 1. The molecule has 2 aliphatic rings. The molecule has 0 aliphatic carbocycles. The van der Waals surface area contributed by atoms with E-state index in [1.165, 1.54) is 17.4 Å². The molecule has 2 aromatic heterocycles. The maximum absolute atomic E-state index is 16.1. The minimum absolute atomic E-state index is 0.0279. The number of aromatic amines is 1. The lowest BCUT2D eigenvalue weighted by molar-refractivity contribution is -0.128. The molecular formula is C37H46FN5O4S. The van der Waals surface area contributed by atoms with Crippen LogP contribution in [0, 0.1) is 5.82 Å². The molecular weight excluding hydrogens is 630 g/mol. The second-order valence-corrected chi connectivity index (χ2v) is 15.1. The van der Waals surface area contributed by atoms with Gasteiger partial charge < -0.3 is 25.0 Å². The molecule has 2 aromatic carbocycles. The molecule has 4 aromatic rings. The van der Waals surface area contributed by atoms with Gasteiger partial charge in [-0.1, -0.05) is 58.0 Å². The number of thiazole rings is 1. The molecule has 0 saturated carbocycles. The Morgan fingerprint density at radius 1 is 1.15 bits per heavy atom. The van der Waals surface area contributed by atoms with Crippen molar-refractivity contribution in [3.05, 3.63) is 97.5 Å². The average molecular weight is 676 g/mol. The molecule has 9 nitrogen and oxygen atoms in total. The summed E-state index contributed by atoms with van der Waals surface area (Å²) in [6, 6.07) is 14.3. The van der Waals surface area contributed by atoms with Gasteiger partial charge in [-0.15, -0.1) is 11.3 Å². The molecule has 0 radical (unpaired) electrons. The second-order valence-electron chi connectivity index (χ2n) is 14.2. The third kappa shape index (κ3) is 7.40. The van der Waals surface area contributed by atoms with E-state index in [0.29, 0.717) is 61.0 Å². The van der Waals surface area contributed by atoms with E-state index in [4.69, 9.17) is 4.74 Å². The minimum atomic E-state index is -0.794. The monoisotopic (exact) mass is 675 g/mol. The van der Waals surface area contributed by atoms with Crippen molar-refractivity contribution in [1.82, 2.24) is 25.1 Å². The summed E-state index contributed by atoms with van der Waals surface area (Å²) in [5.74, 6) is 0.0684. The summed E-state index contributed by atoms with van der Waals surface area (Å²) in [7, 11) is 0. The number of rotatable bonds is 10. The van der Waals surface area contributed by atoms with Crippen molar-refractivity contribution in [2.75, 3.05) is 45.9 Å². The lowest BCUT2D eigenvalue weighted by atomic mass is 9.83. The van der Waals surface area contributed by atoms with E-state index < -0.39 is 11.5 Å². The maximum Gasteiger partial charge on any atom is 0.273 e. The molecule has 1 spiro atoms. The standard InChI is InChI=1S/C37H46FN5O4S/c1-24(2)34-41-30(21-48-34)35(46)43-17-18-47-37(23-43)13-15-42(16-14-37)20-25-7-5-9-28(33(25)38)36(3,4)22-39-19-31(44)27-8-6-10-29-26(27)11-12-32(45)40-29/h5-12,21,24,31,39,44H,13-20,22-23H2,1-4H3,(H,40,45). The fraction of sp³-hybridized carbons (Fsp3) is 0.486. The van der Waals surface area contributed by atoms with Crippen LogP contribution in [0.4, 0.5) is 4.39 Å². The van der Waals surface area contributed by atoms with Gasteiger partial charge in [0.15, 0.2) is 0 Å². The summed E-state index contributed by atoms with van der Waals surface area (Å²) >= 11 is 1.54. The van der Waals surface area contributed by atoms with Crippen molar-refractivity contribution in [1.29, 1.82) is 0 Å². The largest absolute Gasteiger partial charge is 0.387 e. The molecule has 2 fully saturated rings. The van der Waals surface area contributed by atoms with Gasteiger partial charge in [-0.2, -0.15) is 0 Å². The van der Waals surface area contributed by atoms with Crippen molar-refractivity contribution in [2.45, 2.75) is 70.1 Å². The molecule has 1 unspecified atom stereocenters. The summed E-state index contributed by atoms with van der Waals surface area (Å²) in [5, 5.41) is 18.0. The predicted octanol–water partition coefficient (Wildman–Crippen LogP) is 5.36. The number of halogens is 1. The molecule has 1 amide bonds. The number of likely N-dealkylation sites (tertiary alicyclic amines) is 1. The van der Waals surface area contributed by atoms with Crippen LogP contribution in [-0.2, 0) is 16.7 Å². The summed E-state index contributed by atoms with van der Waals surface area (Å²) in [4.78, 5) is 36.5. The number of ether oxygens (including phenoxy) is 1. The molecule has 4 heterocycles. The highest BCUT2D eigenvalue weighted by atomic mass is 32.1. The Balaban J connectivity index is 1.04. The lowest BCUT2D eigenvalue weighted by Crippen LogP contribution is -2.58. The molecule has 2 saturated heterocycles. The van der Waals surface area contributed by atoms with E-state index in [2.05, 4.69) is 34.0 Å². The van der Waals surface area contributed by atoms with Crippen LogP contribution in [0.3, 0.4) is 0 Å². The number of nitrogens with zero attached hydrogens (tertiary/aromatic N) is 3. The second kappa shape index (κ2) is 14.2. The van der Waals surface area contributed by atoms with Gasteiger partial charge in [0.1, 0.15) is 11.5 Å². The van der Waals surface area contributed by atoms with Gasteiger partial charge in [0, 0.05) is 78.5 Å². The number of aromatic nitrogens is 2. The number of morpholine rings is 1. The Hall–Kier alpha value is -3.48. The Morgan fingerprint density at radius 3 is 2.67 bits per heavy atom. The number of carbonyl (C=O) groups excluding carboxylic acids is 1. The van der Waals surface area contributed by atoms with Crippen LogP contribution in [0.25, 0.3) is 10.9 Å². The molecule has 1 atom stereocenters. The van der Waals surface area contributed by atoms with Crippen LogP contribution in [-0.4, -0.2) is 82.3 Å². The summed E-state index contributed by atoms with van der Waals surface area (Å²) in [6.07, 6.45) is 0.755. The number of pyridine rings is 1. The zero-order valence-electron chi connectivity index (χ0n) is 28.2. The third-order valence-corrected chi connectivity index (χ3v) is 10.9. The summed E-state index contributed by atoms with van der Waals surface area (Å²) in [5.41, 5.74) is 2.11. The van der Waals surface area contributed by atoms with E-state index in [9.17, 15) is 14.7 Å². The van der Waals surface area contributed by atoms with E-state index >= 15 is 4.39 Å². The number of benzene rings is 2. The van der Waals surface area contributed by atoms with Crippen LogP contribution >= 0.6 is 11.3 Å². The number of amides is 1. The van der Waals surface area contributed by atoms with Gasteiger partial charge >= 0.3 is 0 Å². The Morgan fingerprint density at radius 2 is 1.92 bits per heavy atom. The van der Waals surface area contributed by atoms with Crippen LogP contribution in [0.5, 0.6) is 0 Å². The number of carbonyl (C=O) groups is 1. The highest BCUT2D eigenvalue weighted by Gasteiger charge is 2.41. The molecule has 6 rings (SSSR count). The van der Waals surface area contributed by atoms with Crippen LogP contribution in [0.2, 0.25) is 0 Å². The van der Waals surface area contributed by atoms with Crippen molar-refractivity contribution in [3.63, 3.8) is 0 Å². The molecule has 48 heavy (non-hydrogen) atoms. The zero-order chi connectivity index (χ0) is 34.1. The quantitative estimate of drug-likeness (QED) is 0.208. The summed E-state index contributed by atoms with van der Waals surface area (Å²) < 4.78 is 22.4. The van der Waals surface area contributed by atoms with E-state index in [-0.39, 0.29) is 29.4 Å². The van der Waals surface area contributed by atoms with Gasteiger partial charge in [0.25, 0.3) is 5.91 Å². The summed E-state index contributed by atoms with van der Waals surface area (Å²) in [6.45, 7) is 12.5.